The molecule has 1 atom stereocenters. The minimum atomic E-state index is -0.0475. The number of esters is 1. The van der Waals surface area contributed by atoms with Crippen LogP contribution in [0.2, 0.25) is 0 Å². The van der Waals surface area contributed by atoms with Crippen molar-refractivity contribution < 1.29 is 9.53 Å². The van der Waals surface area contributed by atoms with E-state index >= 15 is 0 Å². The van der Waals surface area contributed by atoms with E-state index in [2.05, 4.69) is 22.0 Å². The van der Waals surface area contributed by atoms with Crippen LogP contribution in [0.25, 0.3) is 0 Å². The lowest BCUT2D eigenvalue weighted by molar-refractivity contribution is -0.148. The first-order chi connectivity index (χ1) is 5.74. The third-order valence-electron chi connectivity index (χ3n) is 1.98. The van der Waals surface area contributed by atoms with Crippen molar-refractivity contribution in [3.63, 3.8) is 0 Å². The number of rotatable bonds is 2. The highest BCUT2D eigenvalue weighted by atomic mass is 79.9. The van der Waals surface area contributed by atoms with E-state index in [-0.39, 0.29) is 11.9 Å². The standard InChI is InChI=1S/C9H13BrO2/c1-2-12-9(11)7-3-5-8(10)6-4-7/h5,7H,2-4,6H2,1H3/t7-/m1/s1. The van der Waals surface area contributed by atoms with Crippen LogP contribution < -0.4 is 0 Å². The number of allylic oxidation sites excluding steroid dienone is 2. The Labute approximate surface area is 81.1 Å². The van der Waals surface area contributed by atoms with Crippen molar-refractivity contribution in [2.24, 2.45) is 5.92 Å². The lowest BCUT2D eigenvalue weighted by atomic mass is 9.95. The topological polar surface area (TPSA) is 26.3 Å². The number of halogens is 1. The van der Waals surface area contributed by atoms with Gasteiger partial charge in [0.25, 0.3) is 0 Å². The molecule has 0 saturated carbocycles. The summed E-state index contributed by atoms with van der Waals surface area (Å²) in [6, 6.07) is 0. The van der Waals surface area contributed by atoms with Gasteiger partial charge in [-0.1, -0.05) is 22.0 Å². The Bertz CT molecular complexity index is 199. The van der Waals surface area contributed by atoms with Crippen molar-refractivity contribution in [3.8, 4) is 0 Å². The van der Waals surface area contributed by atoms with E-state index in [0.717, 1.165) is 19.3 Å². The fourth-order valence-electron chi connectivity index (χ4n) is 1.28. The molecule has 0 heterocycles. The van der Waals surface area contributed by atoms with Crippen LogP contribution in [0.15, 0.2) is 10.6 Å². The van der Waals surface area contributed by atoms with Gasteiger partial charge in [-0.15, -0.1) is 0 Å². The van der Waals surface area contributed by atoms with Crippen molar-refractivity contribution in [2.75, 3.05) is 6.61 Å². The Morgan fingerprint density at radius 3 is 3.08 bits per heavy atom. The minimum absolute atomic E-state index is 0.0475. The lowest BCUT2D eigenvalue weighted by Gasteiger charge is -2.17. The van der Waals surface area contributed by atoms with Crippen LogP contribution in [-0.4, -0.2) is 12.6 Å². The van der Waals surface area contributed by atoms with Gasteiger partial charge in [-0.25, -0.2) is 0 Å². The van der Waals surface area contributed by atoms with Gasteiger partial charge in [0.2, 0.25) is 0 Å². The SMILES string of the molecule is CCOC(=O)[C@@H]1CC=C(Br)CC1. The van der Waals surface area contributed by atoms with E-state index in [0.29, 0.717) is 6.61 Å². The molecule has 0 radical (unpaired) electrons. The molecule has 0 aromatic carbocycles. The van der Waals surface area contributed by atoms with Gasteiger partial charge in [0.05, 0.1) is 12.5 Å². The predicted octanol–water partition coefficient (Wildman–Crippen LogP) is 2.63. The van der Waals surface area contributed by atoms with Gasteiger partial charge in [-0.05, 0) is 30.7 Å². The molecule has 0 fully saturated rings. The zero-order valence-corrected chi connectivity index (χ0v) is 8.76. The molecule has 2 nitrogen and oxygen atoms in total. The molecule has 0 unspecified atom stereocenters. The molecule has 0 aromatic heterocycles. The maximum absolute atomic E-state index is 11.2. The second-order valence-electron chi connectivity index (χ2n) is 2.87. The van der Waals surface area contributed by atoms with Crippen molar-refractivity contribution in [2.45, 2.75) is 26.2 Å². The van der Waals surface area contributed by atoms with Crippen molar-refractivity contribution in [3.05, 3.63) is 10.6 Å². The molecule has 0 saturated heterocycles. The number of carbonyl (C=O) groups is 1. The predicted molar refractivity (Wildman–Crippen MR) is 51.0 cm³/mol. The Morgan fingerprint density at radius 2 is 2.58 bits per heavy atom. The van der Waals surface area contributed by atoms with E-state index in [1.165, 1.54) is 4.48 Å². The van der Waals surface area contributed by atoms with E-state index in [4.69, 9.17) is 4.74 Å². The largest absolute Gasteiger partial charge is 0.466 e. The smallest absolute Gasteiger partial charge is 0.309 e. The second-order valence-corrected chi connectivity index (χ2v) is 3.89. The number of hydrogen-bond acceptors (Lipinski definition) is 2. The second kappa shape index (κ2) is 4.65. The summed E-state index contributed by atoms with van der Waals surface area (Å²) in [4.78, 5) is 11.2. The highest BCUT2D eigenvalue weighted by molar-refractivity contribution is 9.11. The van der Waals surface area contributed by atoms with Crippen LogP contribution in [0, 0.1) is 5.92 Å². The molecule has 0 bridgehead atoms. The van der Waals surface area contributed by atoms with Crippen LogP contribution in [-0.2, 0) is 9.53 Å². The first kappa shape index (κ1) is 9.78. The monoisotopic (exact) mass is 232 g/mol. The van der Waals surface area contributed by atoms with Crippen LogP contribution in [0.3, 0.4) is 0 Å². The van der Waals surface area contributed by atoms with Gasteiger partial charge in [0.1, 0.15) is 0 Å². The van der Waals surface area contributed by atoms with Gasteiger partial charge >= 0.3 is 5.97 Å². The van der Waals surface area contributed by atoms with Gasteiger partial charge < -0.3 is 4.74 Å². The molecule has 1 rings (SSSR count). The summed E-state index contributed by atoms with van der Waals surface area (Å²) in [5.41, 5.74) is 0. The summed E-state index contributed by atoms with van der Waals surface area (Å²) in [6.45, 7) is 2.33. The maximum atomic E-state index is 11.2. The van der Waals surface area contributed by atoms with Crippen LogP contribution >= 0.6 is 15.9 Å². The lowest BCUT2D eigenvalue weighted by Crippen LogP contribution is -2.19. The first-order valence-electron chi connectivity index (χ1n) is 4.25. The maximum Gasteiger partial charge on any atom is 0.309 e. The quantitative estimate of drug-likeness (QED) is 0.685. The third-order valence-corrected chi connectivity index (χ3v) is 2.70. The fourth-order valence-corrected chi connectivity index (χ4v) is 1.69. The van der Waals surface area contributed by atoms with Crippen LogP contribution in [0.1, 0.15) is 26.2 Å². The summed E-state index contributed by atoms with van der Waals surface area (Å²) in [5.74, 6) is 0.0417. The van der Waals surface area contributed by atoms with Crippen LogP contribution in [0.5, 0.6) is 0 Å². The Morgan fingerprint density at radius 1 is 1.83 bits per heavy atom. The summed E-state index contributed by atoms with van der Waals surface area (Å²) >= 11 is 3.41. The van der Waals surface area contributed by atoms with Gasteiger partial charge in [-0.2, -0.15) is 0 Å². The molecule has 68 valence electrons. The number of hydrogen-bond donors (Lipinski definition) is 0. The van der Waals surface area contributed by atoms with Gasteiger partial charge in [-0.3, -0.25) is 4.79 Å². The first-order valence-corrected chi connectivity index (χ1v) is 5.04. The Kier molecular flexibility index (Phi) is 3.79. The summed E-state index contributed by atoms with van der Waals surface area (Å²) in [6.07, 6.45) is 4.75. The molecule has 1 aliphatic rings. The molecular formula is C9H13BrO2. The molecule has 0 aromatic rings. The number of carbonyl (C=O) groups excluding carboxylic acids is 1. The molecule has 0 spiro atoms. The van der Waals surface area contributed by atoms with Crippen molar-refractivity contribution in [1.29, 1.82) is 0 Å². The summed E-state index contributed by atoms with van der Waals surface area (Å²) in [7, 11) is 0. The van der Waals surface area contributed by atoms with Crippen molar-refractivity contribution >= 4 is 21.9 Å². The molecule has 0 aliphatic heterocycles. The van der Waals surface area contributed by atoms with E-state index in [1.807, 2.05) is 6.92 Å². The van der Waals surface area contributed by atoms with E-state index in [1.54, 1.807) is 0 Å². The zero-order valence-electron chi connectivity index (χ0n) is 7.18. The minimum Gasteiger partial charge on any atom is -0.466 e. The summed E-state index contributed by atoms with van der Waals surface area (Å²) < 4.78 is 6.14. The van der Waals surface area contributed by atoms with Gasteiger partial charge in [0, 0.05) is 0 Å². The zero-order chi connectivity index (χ0) is 8.97. The Balaban J connectivity index is 2.40. The average Bonchev–Trinajstić information content (AvgIpc) is 2.06. The van der Waals surface area contributed by atoms with E-state index < -0.39 is 0 Å². The van der Waals surface area contributed by atoms with Crippen LogP contribution in [0.4, 0.5) is 0 Å². The fraction of sp³-hybridized carbons (Fsp3) is 0.667. The molecule has 12 heavy (non-hydrogen) atoms. The molecule has 0 N–H and O–H groups in total. The highest BCUT2D eigenvalue weighted by Crippen LogP contribution is 2.27. The third kappa shape index (κ3) is 2.63. The molecule has 0 amide bonds. The van der Waals surface area contributed by atoms with Crippen molar-refractivity contribution in [1.82, 2.24) is 0 Å². The molecule has 1 aliphatic carbocycles. The molecular weight excluding hydrogens is 220 g/mol. The average molecular weight is 233 g/mol. The Hall–Kier alpha value is -0.310. The van der Waals surface area contributed by atoms with E-state index in [9.17, 15) is 4.79 Å². The van der Waals surface area contributed by atoms with Gasteiger partial charge in [0.15, 0.2) is 0 Å². The number of ether oxygens (including phenoxy) is 1. The molecule has 3 heteroatoms. The summed E-state index contributed by atoms with van der Waals surface area (Å²) in [5, 5.41) is 0. The normalized spacial score (nSPS) is 23.2. The highest BCUT2D eigenvalue weighted by Gasteiger charge is 2.21.